The summed E-state index contributed by atoms with van der Waals surface area (Å²) in [7, 11) is 1.91. The molecule has 0 aromatic carbocycles. The molecule has 0 aromatic heterocycles. The third kappa shape index (κ3) is 2.32. The van der Waals surface area contributed by atoms with Crippen molar-refractivity contribution in [2.75, 3.05) is 26.7 Å². The predicted octanol–water partition coefficient (Wildman–Crippen LogP) is 0.232. The van der Waals surface area contributed by atoms with E-state index in [2.05, 4.69) is 5.32 Å². The number of amides is 1. The van der Waals surface area contributed by atoms with E-state index in [9.17, 15) is 4.79 Å². The highest BCUT2D eigenvalue weighted by atomic mass is 16.5. The van der Waals surface area contributed by atoms with Gasteiger partial charge in [-0.2, -0.15) is 0 Å². The highest BCUT2D eigenvalue weighted by molar-refractivity contribution is 5.76. The van der Waals surface area contributed by atoms with Gasteiger partial charge in [0.15, 0.2) is 0 Å². The van der Waals surface area contributed by atoms with E-state index < -0.39 is 0 Å². The molecule has 1 amide bonds. The van der Waals surface area contributed by atoms with Gasteiger partial charge in [-0.3, -0.25) is 4.79 Å². The molecule has 2 rings (SSSR count). The SMILES string of the molecule is CC1OCCC1N(C)C(=O)CC1CNC1. The molecule has 1 N–H and O–H groups in total. The lowest BCUT2D eigenvalue weighted by Crippen LogP contribution is -2.47. The molecule has 0 aromatic rings. The lowest BCUT2D eigenvalue weighted by molar-refractivity contribution is -0.134. The van der Waals surface area contributed by atoms with Crippen LogP contribution in [0.4, 0.5) is 0 Å². The van der Waals surface area contributed by atoms with Crippen molar-refractivity contribution in [3.05, 3.63) is 0 Å². The van der Waals surface area contributed by atoms with Gasteiger partial charge in [-0.1, -0.05) is 0 Å². The summed E-state index contributed by atoms with van der Waals surface area (Å²) < 4.78 is 5.48. The fourth-order valence-electron chi connectivity index (χ4n) is 2.30. The monoisotopic (exact) mass is 212 g/mol. The summed E-state index contributed by atoms with van der Waals surface area (Å²) in [6, 6.07) is 0.283. The van der Waals surface area contributed by atoms with E-state index in [0.29, 0.717) is 12.3 Å². The first-order chi connectivity index (χ1) is 7.18. The van der Waals surface area contributed by atoms with Crippen LogP contribution in [0.2, 0.25) is 0 Å². The fraction of sp³-hybridized carbons (Fsp3) is 0.909. The quantitative estimate of drug-likeness (QED) is 0.728. The number of hydrogen-bond acceptors (Lipinski definition) is 3. The van der Waals surface area contributed by atoms with Crippen LogP contribution in [0.15, 0.2) is 0 Å². The van der Waals surface area contributed by atoms with Gasteiger partial charge in [0.1, 0.15) is 0 Å². The second-order valence-corrected chi connectivity index (χ2v) is 4.66. The molecule has 15 heavy (non-hydrogen) atoms. The molecule has 0 spiro atoms. The Hall–Kier alpha value is -0.610. The van der Waals surface area contributed by atoms with E-state index in [1.807, 2.05) is 18.9 Å². The van der Waals surface area contributed by atoms with E-state index in [1.165, 1.54) is 0 Å². The fourth-order valence-corrected chi connectivity index (χ4v) is 2.30. The van der Waals surface area contributed by atoms with Crippen LogP contribution in [0, 0.1) is 5.92 Å². The molecule has 4 heteroatoms. The maximum Gasteiger partial charge on any atom is 0.223 e. The summed E-state index contributed by atoms with van der Waals surface area (Å²) in [6.45, 7) is 4.83. The number of carbonyl (C=O) groups is 1. The van der Waals surface area contributed by atoms with Crippen LogP contribution in [0.3, 0.4) is 0 Å². The Balaban J connectivity index is 1.82. The molecular weight excluding hydrogens is 192 g/mol. The van der Waals surface area contributed by atoms with Gasteiger partial charge in [0, 0.05) is 20.1 Å². The molecule has 2 atom stereocenters. The van der Waals surface area contributed by atoms with Crippen LogP contribution in [-0.2, 0) is 9.53 Å². The van der Waals surface area contributed by atoms with E-state index in [-0.39, 0.29) is 18.1 Å². The summed E-state index contributed by atoms with van der Waals surface area (Å²) in [5.41, 5.74) is 0. The van der Waals surface area contributed by atoms with Crippen LogP contribution in [0.25, 0.3) is 0 Å². The summed E-state index contributed by atoms with van der Waals surface area (Å²) >= 11 is 0. The molecule has 2 aliphatic heterocycles. The minimum Gasteiger partial charge on any atom is -0.376 e. The van der Waals surface area contributed by atoms with Crippen molar-refractivity contribution in [1.29, 1.82) is 0 Å². The standard InChI is InChI=1S/C11H20N2O2/c1-8-10(3-4-15-8)13(2)11(14)5-9-6-12-7-9/h8-10,12H,3-7H2,1-2H3. The summed E-state index contributed by atoms with van der Waals surface area (Å²) in [4.78, 5) is 13.8. The molecule has 86 valence electrons. The van der Waals surface area contributed by atoms with Crippen LogP contribution in [0.5, 0.6) is 0 Å². The second kappa shape index (κ2) is 4.49. The third-order valence-corrected chi connectivity index (χ3v) is 3.56. The van der Waals surface area contributed by atoms with E-state index in [0.717, 1.165) is 26.1 Å². The largest absolute Gasteiger partial charge is 0.376 e. The van der Waals surface area contributed by atoms with E-state index in [4.69, 9.17) is 4.74 Å². The molecule has 2 saturated heterocycles. The molecule has 2 unspecified atom stereocenters. The van der Waals surface area contributed by atoms with Crippen LogP contribution < -0.4 is 5.32 Å². The van der Waals surface area contributed by atoms with Crippen molar-refractivity contribution in [1.82, 2.24) is 10.2 Å². The Labute approximate surface area is 91.0 Å². The summed E-state index contributed by atoms with van der Waals surface area (Å²) in [5.74, 6) is 0.821. The molecule has 0 radical (unpaired) electrons. The van der Waals surface area contributed by atoms with Crippen LogP contribution in [-0.4, -0.2) is 49.7 Å². The van der Waals surface area contributed by atoms with Gasteiger partial charge in [-0.25, -0.2) is 0 Å². The van der Waals surface area contributed by atoms with Crippen molar-refractivity contribution in [2.45, 2.75) is 31.9 Å². The summed E-state index contributed by atoms with van der Waals surface area (Å²) in [6.07, 6.45) is 1.86. The average molecular weight is 212 g/mol. The highest BCUT2D eigenvalue weighted by Gasteiger charge is 2.32. The Morgan fingerprint density at radius 3 is 2.73 bits per heavy atom. The Bertz CT molecular complexity index is 241. The van der Waals surface area contributed by atoms with Gasteiger partial charge in [0.25, 0.3) is 0 Å². The number of nitrogens with zero attached hydrogens (tertiary/aromatic N) is 1. The van der Waals surface area contributed by atoms with E-state index in [1.54, 1.807) is 0 Å². The minimum absolute atomic E-state index is 0.193. The molecule has 0 aliphatic carbocycles. The maximum atomic E-state index is 11.9. The van der Waals surface area contributed by atoms with Gasteiger partial charge in [-0.05, 0) is 32.4 Å². The van der Waals surface area contributed by atoms with Crippen molar-refractivity contribution < 1.29 is 9.53 Å². The van der Waals surface area contributed by atoms with Gasteiger partial charge < -0.3 is 15.0 Å². The zero-order valence-corrected chi connectivity index (χ0v) is 9.53. The number of carbonyl (C=O) groups excluding carboxylic acids is 1. The normalized spacial score (nSPS) is 31.3. The van der Waals surface area contributed by atoms with Gasteiger partial charge >= 0.3 is 0 Å². The number of rotatable bonds is 3. The zero-order valence-electron chi connectivity index (χ0n) is 9.53. The average Bonchev–Trinajstić information content (AvgIpc) is 2.56. The lowest BCUT2D eigenvalue weighted by atomic mass is 9.98. The number of hydrogen-bond donors (Lipinski definition) is 1. The smallest absolute Gasteiger partial charge is 0.223 e. The van der Waals surface area contributed by atoms with E-state index >= 15 is 0 Å². The van der Waals surface area contributed by atoms with Crippen molar-refractivity contribution in [3.63, 3.8) is 0 Å². The van der Waals surface area contributed by atoms with Crippen molar-refractivity contribution in [3.8, 4) is 0 Å². The Morgan fingerprint density at radius 2 is 2.27 bits per heavy atom. The van der Waals surface area contributed by atoms with Crippen molar-refractivity contribution >= 4 is 5.91 Å². The first kappa shape index (κ1) is 10.9. The zero-order chi connectivity index (χ0) is 10.8. The molecule has 2 aliphatic rings. The first-order valence-corrected chi connectivity index (χ1v) is 5.76. The number of ether oxygens (including phenoxy) is 1. The topological polar surface area (TPSA) is 41.6 Å². The highest BCUT2D eigenvalue weighted by Crippen LogP contribution is 2.20. The molecule has 4 nitrogen and oxygen atoms in total. The third-order valence-electron chi connectivity index (χ3n) is 3.56. The summed E-state index contributed by atoms with van der Waals surface area (Å²) in [5, 5.41) is 3.19. The second-order valence-electron chi connectivity index (χ2n) is 4.66. The van der Waals surface area contributed by atoms with Gasteiger partial charge in [0.2, 0.25) is 5.91 Å². The Kier molecular flexibility index (Phi) is 3.26. The molecule has 2 fully saturated rings. The minimum atomic E-state index is 0.193. The number of nitrogens with one attached hydrogen (secondary N) is 1. The molecule has 2 heterocycles. The first-order valence-electron chi connectivity index (χ1n) is 5.76. The predicted molar refractivity (Wildman–Crippen MR) is 57.6 cm³/mol. The van der Waals surface area contributed by atoms with Crippen LogP contribution in [0.1, 0.15) is 19.8 Å². The molecule has 0 bridgehead atoms. The molecule has 0 saturated carbocycles. The van der Waals surface area contributed by atoms with Crippen molar-refractivity contribution in [2.24, 2.45) is 5.92 Å². The maximum absolute atomic E-state index is 11.9. The van der Waals surface area contributed by atoms with Crippen LogP contribution >= 0.6 is 0 Å². The lowest BCUT2D eigenvalue weighted by Gasteiger charge is -2.31. The molecular formula is C11H20N2O2. The Morgan fingerprint density at radius 1 is 1.53 bits per heavy atom. The van der Waals surface area contributed by atoms with Gasteiger partial charge in [0.05, 0.1) is 12.1 Å². The number of likely N-dealkylation sites (N-methyl/N-ethyl adjacent to an activating group) is 1. The van der Waals surface area contributed by atoms with Gasteiger partial charge in [-0.15, -0.1) is 0 Å².